The Balaban J connectivity index is 0.00000210. The van der Waals surface area contributed by atoms with E-state index in [-0.39, 0.29) is 30.0 Å². The standard InChI is InChI=1S/C18H20N4O3S.ClH/c1-21(15-8-12-4-5-13(9-15)19-12)18(23)16-10-26-17(20-16)11-2-6-14(7-3-11)22(24)25;/h2-3,6-7,10,12-13,15,19H,4-5,8-9H2,1H3;1H. The predicted molar refractivity (Wildman–Crippen MR) is 107 cm³/mol. The number of carbonyl (C=O) groups excluding carboxylic acids is 1. The molecule has 2 aliphatic rings. The molecule has 0 aliphatic carbocycles. The maximum Gasteiger partial charge on any atom is 0.273 e. The summed E-state index contributed by atoms with van der Waals surface area (Å²) in [4.78, 5) is 29.5. The van der Waals surface area contributed by atoms with Gasteiger partial charge in [-0.1, -0.05) is 0 Å². The molecule has 0 radical (unpaired) electrons. The van der Waals surface area contributed by atoms with Crippen LogP contribution < -0.4 is 5.32 Å². The molecule has 2 fully saturated rings. The molecule has 2 aromatic rings. The lowest BCUT2D eigenvalue weighted by atomic mass is 9.98. The number of rotatable bonds is 4. The number of non-ortho nitro benzene ring substituents is 1. The molecule has 9 heteroatoms. The lowest BCUT2D eigenvalue weighted by molar-refractivity contribution is -0.384. The summed E-state index contributed by atoms with van der Waals surface area (Å²) < 4.78 is 0. The zero-order valence-electron chi connectivity index (χ0n) is 14.8. The van der Waals surface area contributed by atoms with Gasteiger partial charge in [0.05, 0.1) is 4.92 Å². The minimum absolute atomic E-state index is 0. The second kappa shape index (κ2) is 7.92. The number of nitrogens with zero attached hydrogens (tertiary/aromatic N) is 3. The van der Waals surface area contributed by atoms with Crippen molar-refractivity contribution in [1.82, 2.24) is 15.2 Å². The molecule has 2 atom stereocenters. The third kappa shape index (κ3) is 3.97. The minimum atomic E-state index is -0.429. The number of hydrogen-bond donors (Lipinski definition) is 1. The van der Waals surface area contributed by atoms with Crippen molar-refractivity contribution in [1.29, 1.82) is 0 Å². The molecular weight excluding hydrogens is 388 g/mol. The number of nitro groups is 1. The summed E-state index contributed by atoms with van der Waals surface area (Å²) in [6.07, 6.45) is 4.39. The van der Waals surface area contributed by atoms with Crippen LogP contribution in [0.4, 0.5) is 5.69 Å². The van der Waals surface area contributed by atoms with Crippen molar-refractivity contribution in [2.75, 3.05) is 7.05 Å². The summed E-state index contributed by atoms with van der Waals surface area (Å²) in [5.41, 5.74) is 1.26. The number of halogens is 1. The average molecular weight is 409 g/mol. The number of amides is 1. The van der Waals surface area contributed by atoms with Gasteiger partial charge in [-0.05, 0) is 37.8 Å². The van der Waals surface area contributed by atoms with Gasteiger partial charge in [-0.2, -0.15) is 0 Å². The molecule has 2 unspecified atom stereocenters. The van der Waals surface area contributed by atoms with Gasteiger partial charge in [0.1, 0.15) is 10.7 Å². The highest BCUT2D eigenvalue weighted by molar-refractivity contribution is 7.13. The van der Waals surface area contributed by atoms with E-state index < -0.39 is 4.92 Å². The minimum Gasteiger partial charge on any atom is -0.337 e. The van der Waals surface area contributed by atoms with Gasteiger partial charge in [0.25, 0.3) is 11.6 Å². The number of thiazole rings is 1. The largest absolute Gasteiger partial charge is 0.337 e. The first-order chi connectivity index (χ1) is 12.5. The van der Waals surface area contributed by atoms with Gasteiger partial charge < -0.3 is 10.2 Å². The molecule has 1 amide bonds. The number of nitro benzene ring substituents is 1. The number of hydrogen-bond acceptors (Lipinski definition) is 6. The van der Waals surface area contributed by atoms with Crippen LogP contribution in [0, 0.1) is 10.1 Å². The first-order valence-electron chi connectivity index (χ1n) is 8.75. The maximum atomic E-state index is 12.8. The molecule has 7 nitrogen and oxygen atoms in total. The van der Waals surface area contributed by atoms with Gasteiger partial charge in [-0.25, -0.2) is 4.98 Å². The van der Waals surface area contributed by atoms with Crippen LogP contribution in [0.2, 0.25) is 0 Å². The van der Waals surface area contributed by atoms with E-state index in [1.165, 1.54) is 36.3 Å². The Labute approximate surface area is 167 Å². The number of piperidine rings is 1. The summed E-state index contributed by atoms with van der Waals surface area (Å²) in [5, 5.41) is 16.8. The maximum absolute atomic E-state index is 12.8. The van der Waals surface area contributed by atoms with E-state index in [0.29, 0.717) is 22.8 Å². The number of fused-ring (bicyclic) bond motifs is 2. The Morgan fingerprint density at radius 2 is 1.89 bits per heavy atom. The number of carbonyl (C=O) groups is 1. The Morgan fingerprint density at radius 3 is 2.48 bits per heavy atom. The molecule has 4 rings (SSSR count). The summed E-state index contributed by atoms with van der Waals surface area (Å²) in [5.74, 6) is -0.0549. The van der Waals surface area contributed by atoms with Gasteiger partial charge >= 0.3 is 0 Å². The first kappa shape index (κ1) is 19.7. The number of nitrogens with one attached hydrogen (secondary N) is 1. The molecule has 27 heavy (non-hydrogen) atoms. The topological polar surface area (TPSA) is 88.4 Å². The molecular formula is C18H21ClN4O3S. The second-order valence-corrected chi connectivity index (χ2v) is 7.88. The molecule has 2 bridgehead atoms. The lowest BCUT2D eigenvalue weighted by Crippen LogP contribution is -2.48. The van der Waals surface area contributed by atoms with Gasteiger partial charge in [0.15, 0.2) is 0 Å². The van der Waals surface area contributed by atoms with E-state index in [1.807, 2.05) is 11.9 Å². The molecule has 3 heterocycles. The zero-order valence-corrected chi connectivity index (χ0v) is 16.5. The highest BCUT2D eigenvalue weighted by atomic mass is 35.5. The molecule has 2 aliphatic heterocycles. The quantitative estimate of drug-likeness (QED) is 0.617. The van der Waals surface area contributed by atoms with Gasteiger partial charge in [0.2, 0.25) is 0 Å². The van der Waals surface area contributed by atoms with E-state index in [2.05, 4.69) is 10.3 Å². The van der Waals surface area contributed by atoms with E-state index >= 15 is 0 Å². The van der Waals surface area contributed by atoms with Crippen LogP contribution in [0.25, 0.3) is 10.6 Å². The Morgan fingerprint density at radius 1 is 1.26 bits per heavy atom. The Kier molecular flexibility index (Phi) is 5.78. The summed E-state index contributed by atoms with van der Waals surface area (Å²) >= 11 is 1.38. The fourth-order valence-corrected chi connectivity index (χ4v) is 4.72. The summed E-state index contributed by atoms with van der Waals surface area (Å²) in [6.45, 7) is 0. The van der Waals surface area contributed by atoms with E-state index in [1.54, 1.807) is 17.5 Å². The van der Waals surface area contributed by atoms with Crippen LogP contribution in [-0.2, 0) is 0 Å². The smallest absolute Gasteiger partial charge is 0.273 e. The molecule has 1 aromatic carbocycles. The molecule has 2 saturated heterocycles. The van der Waals surface area contributed by atoms with E-state index in [0.717, 1.165) is 18.4 Å². The van der Waals surface area contributed by atoms with E-state index in [4.69, 9.17) is 0 Å². The molecule has 0 saturated carbocycles. The van der Waals surface area contributed by atoms with Crippen LogP contribution in [0.1, 0.15) is 36.2 Å². The van der Waals surface area contributed by atoms with Gasteiger partial charge in [-0.3, -0.25) is 14.9 Å². The van der Waals surface area contributed by atoms with Crippen LogP contribution in [0.5, 0.6) is 0 Å². The summed E-state index contributed by atoms with van der Waals surface area (Å²) in [6, 6.07) is 7.55. The van der Waals surface area contributed by atoms with Gasteiger partial charge in [0, 0.05) is 48.2 Å². The normalized spacial score (nSPS) is 23.5. The first-order valence-corrected chi connectivity index (χ1v) is 9.63. The van der Waals surface area contributed by atoms with Crippen LogP contribution in [0.3, 0.4) is 0 Å². The number of aromatic nitrogens is 1. The fraction of sp³-hybridized carbons (Fsp3) is 0.444. The van der Waals surface area contributed by atoms with Crippen molar-refractivity contribution < 1.29 is 9.72 Å². The average Bonchev–Trinajstić information content (AvgIpc) is 3.27. The second-order valence-electron chi connectivity index (χ2n) is 7.02. The fourth-order valence-electron chi connectivity index (χ4n) is 3.92. The van der Waals surface area contributed by atoms with Crippen molar-refractivity contribution in [2.24, 2.45) is 0 Å². The molecule has 1 aromatic heterocycles. The summed E-state index contributed by atoms with van der Waals surface area (Å²) in [7, 11) is 1.86. The van der Waals surface area contributed by atoms with Gasteiger partial charge in [-0.15, -0.1) is 23.7 Å². The lowest BCUT2D eigenvalue weighted by Gasteiger charge is -2.35. The highest BCUT2D eigenvalue weighted by Crippen LogP contribution is 2.31. The van der Waals surface area contributed by atoms with Crippen LogP contribution >= 0.6 is 23.7 Å². The van der Waals surface area contributed by atoms with Crippen LogP contribution in [0.15, 0.2) is 29.6 Å². The Bertz CT molecular complexity index is 829. The predicted octanol–water partition coefficient (Wildman–Crippen LogP) is 3.50. The molecule has 1 N–H and O–H groups in total. The van der Waals surface area contributed by atoms with E-state index in [9.17, 15) is 14.9 Å². The third-order valence-corrected chi connectivity index (χ3v) is 6.26. The monoisotopic (exact) mass is 408 g/mol. The van der Waals surface area contributed by atoms with Crippen molar-refractivity contribution in [3.8, 4) is 10.6 Å². The number of benzene rings is 1. The molecule has 144 valence electrons. The zero-order chi connectivity index (χ0) is 18.3. The highest BCUT2D eigenvalue weighted by Gasteiger charge is 2.36. The van der Waals surface area contributed by atoms with Crippen molar-refractivity contribution in [3.05, 3.63) is 45.5 Å². The van der Waals surface area contributed by atoms with Crippen LogP contribution in [-0.4, -0.2) is 45.9 Å². The SMILES string of the molecule is CN(C(=O)c1csc(-c2ccc([N+](=O)[O-])cc2)n1)C1CC2CCC(C1)N2.Cl. The molecule has 0 spiro atoms. The van der Waals surface area contributed by atoms with Crippen molar-refractivity contribution in [3.63, 3.8) is 0 Å². The van der Waals surface area contributed by atoms with Crippen molar-refractivity contribution in [2.45, 2.75) is 43.8 Å². The third-order valence-electron chi connectivity index (χ3n) is 5.36. The Hall–Kier alpha value is -2.03. The van der Waals surface area contributed by atoms with Crippen molar-refractivity contribution >= 4 is 35.3 Å².